The van der Waals surface area contributed by atoms with E-state index in [4.69, 9.17) is 4.74 Å². The Labute approximate surface area is 147 Å². The fraction of sp³-hybridized carbons (Fsp3) is 0.200. The van der Waals surface area contributed by atoms with Gasteiger partial charge in [0.1, 0.15) is 11.9 Å². The van der Waals surface area contributed by atoms with Gasteiger partial charge < -0.3 is 10.1 Å². The molecule has 0 fully saturated rings. The number of aromatic nitrogens is 2. The number of hydrogen-bond acceptors (Lipinski definition) is 3. The summed E-state index contributed by atoms with van der Waals surface area (Å²) in [6.45, 7) is 3.97. The van der Waals surface area contributed by atoms with Crippen LogP contribution >= 0.6 is 0 Å². The highest BCUT2D eigenvalue weighted by molar-refractivity contribution is 5.92. The van der Waals surface area contributed by atoms with Crippen LogP contribution in [0.15, 0.2) is 60.8 Å². The second-order valence-corrected chi connectivity index (χ2v) is 5.95. The number of ether oxygens (including phenoxy) is 1. The van der Waals surface area contributed by atoms with Crippen molar-refractivity contribution in [2.45, 2.75) is 26.4 Å². The second-order valence-electron chi connectivity index (χ2n) is 5.95. The molecule has 1 amide bonds. The molecular formula is C20H21N3O2. The van der Waals surface area contributed by atoms with E-state index in [0.29, 0.717) is 0 Å². The van der Waals surface area contributed by atoms with E-state index in [1.54, 1.807) is 12.3 Å². The molecule has 0 aliphatic heterocycles. The van der Waals surface area contributed by atoms with Gasteiger partial charge in [-0.1, -0.05) is 30.3 Å². The normalized spacial score (nSPS) is 11.8. The van der Waals surface area contributed by atoms with Crippen LogP contribution < -0.4 is 10.1 Å². The number of nitrogens with zero attached hydrogens (tertiary/aromatic N) is 1. The monoisotopic (exact) mass is 335 g/mol. The van der Waals surface area contributed by atoms with Crippen LogP contribution in [0.4, 0.5) is 5.69 Å². The molecule has 0 saturated carbocycles. The molecule has 5 nitrogen and oxygen atoms in total. The lowest BCUT2D eigenvalue weighted by molar-refractivity contribution is -0.115. The number of hydrogen-bond donors (Lipinski definition) is 2. The Morgan fingerprint density at radius 3 is 2.68 bits per heavy atom. The highest BCUT2D eigenvalue weighted by atomic mass is 16.5. The van der Waals surface area contributed by atoms with E-state index < -0.39 is 0 Å². The number of H-pyrrole nitrogens is 1. The smallest absolute Gasteiger partial charge is 0.230 e. The number of aryl methyl sites for hydroxylation is 1. The molecule has 128 valence electrons. The van der Waals surface area contributed by atoms with Gasteiger partial charge in [-0.2, -0.15) is 5.10 Å². The summed E-state index contributed by atoms with van der Waals surface area (Å²) in [7, 11) is 0. The summed E-state index contributed by atoms with van der Waals surface area (Å²) < 4.78 is 6.00. The summed E-state index contributed by atoms with van der Waals surface area (Å²) in [4.78, 5) is 12.1. The molecule has 5 heteroatoms. The minimum absolute atomic E-state index is 0.0404. The average Bonchev–Trinajstić information content (AvgIpc) is 3.11. The fourth-order valence-corrected chi connectivity index (χ4v) is 2.60. The maximum atomic E-state index is 12.1. The van der Waals surface area contributed by atoms with Gasteiger partial charge in [0.2, 0.25) is 5.91 Å². The van der Waals surface area contributed by atoms with Crippen LogP contribution in [0.1, 0.15) is 29.8 Å². The predicted molar refractivity (Wildman–Crippen MR) is 97.6 cm³/mol. The van der Waals surface area contributed by atoms with Gasteiger partial charge in [0.05, 0.1) is 6.42 Å². The molecule has 1 heterocycles. The van der Waals surface area contributed by atoms with Gasteiger partial charge in [-0.15, -0.1) is 0 Å². The summed E-state index contributed by atoms with van der Waals surface area (Å²) in [5.74, 6) is 0.694. The molecule has 0 aliphatic carbocycles. The van der Waals surface area contributed by atoms with Crippen molar-refractivity contribution < 1.29 is 9.53 Å². The standard InChI is InChI=1S/C20H21N3O2/c1-14-12-18(25-15(2)16-6-4-3-5-7-16)8-9-19(14)22-20(24)13-17-10-11-21-23-17/h3-12,15H,13H2,1-2H3,(H,21,23)(H,22,24)/t15-/m0/s1. The van der Waals surface area contributed by atoms with E-state index in [9.17, 15) is 4.79 Å². The number of anilines is 1. The zero-order valence-electron chi connectivity index (χ0n) is 14.3. The molecule has 1 aromatic heterocycles. The topological polar surface area (TPSA) is 67.0 Å². The molecule has 0 saturated heterocycles. The van der Waals surface area contributed by atoms with Crippen molar-refractivity contribution in [3.8, 4) is 5.75 Å². The Morgan fingerprint density at radius 1 is 1.20 bits per heavy atom. The quantitative estimate of drug-likeness (QED) is 0.714. The third-order valence-electron chi connectivity index (χ3n) is 3.96. The summed E-state index contributed by atoms with van der Waals surface area (Å²) in [6, 6.07) is 17.5. The first kappa shape index (κ1) is 16.8. The molecule has 0 unspecified atom stereocenters. The molecule has 0 radical (unpaired) electrons. The van der Waals surface area contributed by atoms with Gasteiger partial charge in [-0.3, -0.25) is 9.89 Å². The fourth-order valence-electron chi connectivity index (χ4n) is 2.60. The minimum Gasteiger partial charge on any atom is -0.486 e. The average molecular weight is 335 g/mol. The number of nitrogens with one attached hydrogen (secondary N) is 2. The molecule has 0 bridgehead atoms. The van der Waals surface area contributed by atoms with E-state index >= 15 is 0 Å². The number of aromatic amines is 1. The maximum absolute atomic E-state index is 12.1. The van der Waals surface area contributed by atoms with Gasteiger partial charge >= 0.3 is 0 Å². The lowest BCUT2D eigenvalue weighted by Crippen LogP contribution is -2.15. The van der Waals surface area contributed by atoms with Gasteiger partial charge in [-0.05, 0) is 49.2 Å². The van der Waals surface area contributed by atoms with Crippen molar-refractivity contribution in [2.75, 3.05) is 5.32 Å². The largest absolute Gasteiger partial charge is 0.486 e. The lowest BCUT2D eigenvalue weighted by Gasteiger charge is -2.16. The number of rotatable bonds is 6. The van der Waals surface area contributed by atoms with E-state index in [0.717, 1.165) is 28.3 Å². The molecule has 3 rings (SSSR count). The van der Waals surface area contributed by atoms with E-state index in [1.807, 2.05) is 62.4 Å². The molecule has 0 spiro atoms. The first-order valence-electron chi connectivity index (χ1n) is 8.22. The van der Waals surface area contributed by atoms with Gasteiger partial charge in [0.15, 0.2) is 0 Å². The Hall–Kier alpha value is -3.08. The minimum atomic E-state index is -0.0846. The summed E-state index contributed by atoms with van der Waals surface area (Å²) in [5, 5.41) is 9.54. The lowest BCUT2D eigenvalue weighted by atomic mass is 10.1. The molecule has 2 aromatic carbocycles. The van der Waals surface area contributed by atoms with Crippen LogP contribution in [-0.4, -0.2) is 16.1 Å². The van der Waals surface area contributed by atoms with Gasteiger partial charge in [-0.25, -0.2) is 0 Å². The first-order chi connectivity index (χ1) is 12.1. The summed E-state index contributed by atoms with van der Waals surface area (Å²) in [6.07, 6.45) is 1.86. The van der Waals surface area contributed by atoms with Crippen molar-refractivity contribution in [3.05, 3.63) is 77.6 Å². The molecule has 25 heavy (non-hydrogen) atoms. The Balaban J connectivity index is 1.63. The first-order valence-corrected chi connectivity index (χ1v) is 8.22. The second kappa shape index (κ2) is 7.66. The van der Waals surface area contributed by atoms with Crippen molar-refractivity contribution >= 4 is 11.6 Å². The highest BCUT2D eigenvalue weighted by Gasteiger charge is 2.10. The number of carbonyl (C=O) groups is 1. The van der Waals surface area contributed by atoms with Crippen LogP contribution in [0.2, 0.25) is 0 Å². The zero-order valence-corrected chi connectivity index (χ0v) is 14.3. The third kappa shape index (κ3) is 4.47. The van der Waals surface area contributed by atoms with Gasteiger partial charge in [0.25, 0.3) is 0 Å². The third-order valence-corrected chi connectivity index (χ3v) is 3.96. The van der Waals surface area contributed by atoms with Crippen molar-refractivity contribution in [1.82, 2.24) is 10.2 Å². The van der Waals surface area contributed by atoms with Crippen LogP contribution in [-0.2, 0) is 11.2 Å². The number of amides is 1. The van der Waals surface area contributed by atoms with Crippen LogP contribution in [0.5, 0.6) is 5.75 Å². The molecular weight excluding hydrogens is 314 g/mol. The van der Waals surface area contributed by atoms with Crippen LogP contribution in [0.3, 0.4) is 0 Å². The van der Waals surface area contributed by atoms with Crippen molar-refractivity contribution in [3.63, 3.8) is 0 Å². The predicted octanol–water partition coefficient (Wildman–Crippen LogP) is 4.04. The Kier molecular flexibility index (Phi) is 5.14. The van der Waals surface area contributed by atoms with E-state index in [1.165, 1.54) is 0 Å². The molecule has 2 N–H and O–H groups in total. The van der Waals surface area contributed by atoms with Crippen LogP contribution in [0, 0.1) is 6.92 Å². The molecule has 3 aromatic rings. The zero-order chi connectivity index (χ0) is 17.6. The summed E-state index contributed by atoms with van der Waals surface area (Å²) in [5.41, 5.74) is 3.64. The SMILES string of the molecule is Cc1cc(O[C@@H](C)c2ccccc2)ccc1NC(=O)Cc1ccn[nH]1. The van der Waals surface area contributed by atoms with Crippen molar-refractivity contribution in [1.29, 1.82) is 0 Å². The number of benzene rings is 2. The van der Waals surface area contributed by atoms with E-state index in [-0.39, 0.29) is 18.4 Å². The molecule has 1 atom stereocenters. The highest BCUT2D eigenvalue weighted by Crippen LogP contribution is 2.26. The van der Waals surface area contributed by atoms with Crippen LogP contribution in [0.25, 0.3) is 0 Å². The number of carbonyl (C=O) groups excluding carboxylic acids is 1. The maximum Gasteiger partial charge on any atom is 0.230 e. The Morgan fingerprint density at radius 2 is 2.00 bits per heavy atom. The Bertz CT molecular complexity index is 829. The molecule has 0 aliphatic rings. The summed E-state index contributed by atoms with van der Waals surface area (Å²) >= 11 is 0. The van der Waals surface area contributed by atoms with Gasteiger partial charge in [0, 0.05) is 17.6 Å². The van der Waals surface area contributed by atoms with Crippen molar-refractivity contribution in [2.24, 2.45) is 0 Å². The van der Waals surface area contributed by atoms with E-state index in [2.05, 4.69) is 15.5 Å².